The number of hydrogen-bond acceptors (Lipinski definition) is 2. The van der Waals surface area contributed by atoms with Gasteiger partial charge in [-0.25, -0.2) is 0 Å². The van der Waals surface area contributed by atoms with Crippen molar-refractivity contribution in [1.29, 1.82) is 0 Å². The second-order valence-corrected chi connectivity index (χ2v) is 5.94. The Morgan fingerprint density at radius 2 is 2.09 bits per heavy atom. The maximum atomic E-state index is 12.4. The standard InChI is InChI=1S/C19H18N2O2/c1-23-18-5-3-2-4-14(18)15-11-17(15)21-19(22)13-7-6-12-8-9-20-16(12)10-13/h2-10,15,17,20H,11H2,1H3,(H,21,22)/t15-,17+/m0/s1. The van der Waals surface area contributed by atoms with Crippen molar-refractivity contribution in [3.05, 3.63) is 65.9 Å². The fraction of sp³-hybridized carbons (Fsp3) is 0.211. The van der Waals surface area contributed by atoms with Gasteiger partial charge in [0.05, 0.1) is 7.11 Å². The number of methoxy groups -OCH3 is 1. The summed E-state index contributed by atoms with van der Waals surface area (Å²) in [5, 5.41) is 4.23. The van der Waals surface area contributed by atoms with Crippen molar-refractivity contribution in [2.45, 2.75) is 18.4 Å². The summed E-state index contributed by atoms with van der Waals surface area (Å²) in [6.07, 6.45) is 2.84. The van der Waals surface area contributed by atoms with Gasteiger partial charge >= 0.3 is 0 Å². The average molecular weight is 306 g/mol. The molecule has 0 unspecified atom stereocenters. The van der Waals surface area contributed by atoms with Crippen molar-refractivity contribution in [1.82, 2.24) is 10.3 Å². The van der Waals surface area contributed by atoms with Crippen LogP contribution in [0.3, 0.4) is 0 Å². The van der Waals surface area contributed by atoms with Gasteiger partial charge in [-0.1, -0.05) is 24.3 Å². The minimum Gasteiger partial charge on any atom is -0.496 e. The first kappa shape index (κ1) is 13.9. The summed E-state index contributed by atoms with van der Waals surface area (Å²) in [5.41, 5.74) is 2.83. The second kappa shape index (κ2) is 5.47. The summed E-state index contributed by atoms with van der Waals surface area (Å²) in [6, 6.07) is 15.9. The van der Waals surface area contributed by atoms with E-state index in [1.54, 1.807) is 7.11 Å². The summed E-state index contributed by atoms with van der Waals surface area (Å²) in [6.45, 7) is 0. The van der Waals surface area contributed by atoms with E-state index >= 15 is 0 Å². The third-order valence-corrected chi connectivity index (χ3v) is 4.46. The molecule has 2 atom stereocenters. The van der Waals surface area contributed by atoms with Crippen molar-refractivity contribution in [2.75, 3.05) is 7.11 Å². The highest BCUT2D eigenvalue weighted by atomic mass is 16.5. The molecule has 4 nitrogen and oxygen atoms in total. The number of aromatic amines is 1. The number of para-hydroxylation sites is 1. The summed E-state index contributed by atoms with van der Waals surface area (Å²) < 4.78 is 5.41. The van der Waals surface area contributed by atoms with Crippen LogP contribution in [0, 0.1) is 0 Å². The molecule has 1 aliphatic carbocycles. The number of hydrogen-bond donors (Lipinski definition) is 2. The fourth-order valence-electron chi connectivity index (χ4n) is 3.11. The average Bonchev–Trinajstić information content (AvgIpc) is 3.18. The summed E-state index contributed by atoms with van der Waals surface area (Å²) in [4.78, 5) is 15.6. The smallest absolute Gasteiger partial charge is 0.251 e. The van der Waals surface area contributed by atoms with Gasteiger partial charge in [0.25, 0.3) is 5.91 Å². The molecular weight excluding hydrogens is 288 g/mol. The Labute approximate surface area is 134 Å². The van der Waals surface area contributed by atoms with Gasteiger partial charge in [-0.3, -0.25) is 4.79 Å². The number of carbonyl (C=O) groups excluding carboxylic acids is 1. The minimum atomic E-state index is -0.0242. The zero-order valence-corrected chi connectivity index (χ0v) is 12.9. The Hall–Kier alpha value is -2.75. The number of benzene rings is 2. The van der Waals surface area contributed by atoms with Gasteiger partial charge in [-0.15, -0.1) is 0 Å². The lowest BCUT2D eigenvalue weighted by atomic mass is 10.1. The summed E-state index contributed by atoms with van der Waals surface area (Å²) >= 11 is 0. The zero-order chi connectivity index (χ0) is 15.8. The van der Waals surface area contributed by atoms with Gasteiger partial charge in [0.2, 0.25) is 0 Å². The molecule has 1 aliphatic rings. The van der Waals surface area contributed by atoms with Crippen molar-refractivity contribution < 1.29 is 9.53 Å². The number of carbonyl (C=O) groups is 1. The van der Waals surface area contributed by atoms with Crippen LogP contribution in [0.4, 0.5) is 0 Å². The van der Waals surface area contributed by atoms with E-state index in [0.29, 0.717) is 11.5 Å². The molecule has 4 heteroatoms. The highest BCUT2D eigenvalue weighted by Gasteiger charge is 2.41. The minimum absolute atomic E-state index is 0.0242. The zero-order valence-electron chi connectivity index (χ0n) is 12.9. The Balaban J connectivity index is 1.48. The van der Waals surface area contributed by atoms with Gasteiger partial charge in [-0.05, 0) is 41.6 Å². The number of fused-ring (bicyclic) bond motifs is 1. The quantitative estimate of drug-likeness (QED) is 0.775. The largest absolute Gasteiger partial charge is 0.496 e. The molecule has 1 fully saturated rings. The molecular formula is C19H18N2O2. The van der Waals surface area contributed by atoms with Crippen LogP contribution in [-0.4, -0.2) is 24.0 Å². The van der Waals surface area contributed by atoms with Crippen LogP contribution in [0.15, 0.2) is 54.7 Å². The highest BCUT2D eigenvalue weighted by Crippen LogP contribution is 2.44. The number of H-pyrrole nitrogens is 1. The van der Waals surface area contributed by atoms with Crippen LogP contribution in [0.2, 0.25) is 0 Å². The number of amides is 1. The molecule has 0 radical (unpaired) electrons. The summed E-state index contributed by atoms with van der Waals surface area (Å²) in [7, 11) is 1.68. The molecule has 0 aliphatic heterocycles. The van der Waals surface area contributed by atoms with Crippen LogP contribution < -0.4 is 10.1 Å². The number of nitrogens with one attached hydrogen (secondary N) is 2. The van der Waals surface area contributed by atoms with Crippen LogP contribution in [0.5, 0.6) is 5.75 Å². The molecule has 2 aromatic carbocycles. The molecule has 2 N–H and O–H groups in total. The maximum absolute atomic E-state index is 12.4. The molecule has 0 spiro atoms. The van der Waals surface area contributed by atoms with E-state index in [0.717, 1.165) is 23.1 Å². The van der Waals surface area contributed by atoms with Crippen molar-refractivity contribution in [2.24, 2.45) is 0 Å². The molecule has 4 rings (SSSR count). The van der Waals surface area contributed by atoms with Crippen LogP contribution in [0.25, 0.3) is 10.9 Å². The second-order valence-electron chi connectivity index (χ2n) is 5.94. The van der Waals surface area contributed by atoms with Gasteiger partial charge in [-0.2, -0.15) is 0 Å². The van der Waals surface area contributed by atoms with Crippen LogP contribution in [0.1, 0.15) is 28.3 Å². The monoisotopic (exact) mass is 306 g/mol. The predicted octanol–water partition coefficient (Wildman–Crippen LogP) is 3.46. The van der Waals surface area contributed by atoms with Crippen molar-refractivity contribution >= 4 is 16.8 Å². The molecule has 23 heavy (non-hydrogen) atoms. The van der Waals surface area contributed by atoms with Crippen LogP contribution >= 0.6 is 0 Å². The normalized spacial score (nSPS) is 19.5. The van der Waals surface area contributed by atoms with E-state index in [9.17, 15) is 4.79 Å². The Kier molecular flexibility index (Phi) is 3.30. The van der Waals surface area contributed by atoms with Crippen molar-refractivity contribution in [3.63, 3.8) is 0 Å². The Morgan fingerprint density at radius 3 is 2.96 bits per heavy atom. The number of aromatic nitrogens is 1. The van der Waals surface area contributed by atoms with E-state index in [1.807, 2.05) is 48.7 Å². The lowest BCUT2D eigenvalue weighted by Gasteiger charge is -2.09. The van der Waals surface area contributed by atoms with E-state index < -0.39 is 0 Å². The number of rotatable bonds is 4. The van der Waals surface area contributed by atoms with E-state index in [-0.39, 0.29) is 11.9 Å². The predicted molar refractivity (Wildman–Crippen MR) is 89.9 cm³/mol. The van der Waals surface area contributed by atoms with E-state index in [4.69, 9.17) is 4.74 Å². The molecule has 0 bridgehead atoms. The van der Waals surface area contributed by atoms with E-state index in [1.165, 1.54) is 5.56 Å². The van der Waals surface area contributed by atoms with Gasteiger partial charge in [0.15, 0.2) is 0 Å². The Morgan fingerprint density at radius 1 is 1.22 bits per heavy atom. The summed E-state index contributed by atoms with van der Waals surface area (Å²) in [5.74, 6) is 1.20. The molecule has 1 saturated carbocycles. The molecule has 116 valence electrons. The topological polar surface area (TPSA) is 54.1 Å². The van der Waals surface area contributed by atoms with Crippen LogP contribution in [-0.2, 0) is 0 Å². The fourth-order valence-corrected chi connectivity index (χ4v) is 3.11. The first-order chi connectivity index (χ1) is 11.3. The third kappa shape index (κ3) is 2.57. The number of ether oxygens (including phenoxy) is 1. The third-order valence-electron chi connectivity index (χ3n) is 4.46. The SMILES string of the molecule is COc1ccccc1[C@@H]1C[C@H]1NC(=O)c1ccc2cc[nH]c2c1. The lowest BCUT2D eigenvalue weighted by molar-refractivity contribution is 0.0950. The molecule has 1 aromatic heterocycles. The van der Waals surface area contributed by atoms with Gasteiger partial charge in [0, 0.05) is 29.2 Å². The first-order valence-corrected chi connectivity index (χ1v) is 7.77. The maximum Gasteiger partial charge on any atom is 0.251 e. The first-order valence-electron chi connectivity index (χ1n) is 7.77. The molecule has 1 heterocycles. The van der Waals surface area contributed by atoms with E-state index in [2.05, 4.69) is 16.4 Å². The molecule has 3 aromatic rings. The molecule has 0 saturated heterocycles. The highest BCUT2D eigenvalue weighted by molar-refractivity contribution is 5.98. The Bertz CT molecular complexity index is 868. The van der Waals surface area contributed by atoms with Gasteiger partial charge < -0.3 is 15.0 Å². The lowest BCUT2D eigenvalue weighted by Crippen LogP contribution is -2.26. The molecule has 1 amide bonds. The van der Waals surface area contributed by atoms with Gasteiger partial charge in [0.1, 0.15) is 5.75 Å². The van der Waals surface area contributed by atoms with Crippen molar-refractivity contribution in [3.8, 4) is 5.75 Å².